The van der Waals surface area contributed by atoms with Crippen LogP contribution in [-0.2, 0) is 6.54 Å². The van der Waals surface area contributed by atoms with E-state index in [2.05, 4.69) is 10.1 Å². The van der Waals surface area contributed by atoms with Gasteiger partial charge in [-0.2, -0.15) is 5.10 Å². The van der Waals surface area contributed by atoms with E-state index in [0.29, 0.717) is 17.0 Å². The van der Waals surface area contributed by atoms with Crippen molar-refractivity contribution in [1.29, 1.82) is 0 Å². The normalized spacial score (nSPS) is 15.9. The van der Waals surface area contributed by atoms with Gasteiger partial charge in [0.1, 0.15) is 23.1 Å². The molecule has 0 amide bonds. The lowest BCUT2D eigenvalue weighted by Crippen LogP contribution is -2.32. The molecule has 3 heterocycles. The number of fused-ring (bicyclic) bond motifs is 3. The molecule has 1 aliphatic rings. The van der Waals surface area contributed by atoms with Crippen LogP contribution in [0.25, 0.3) is 11.5 Å². The lowest BCUT2D eigenvalue weighted by molar-refractivity contribution is 0.330. The highest BCUT2D eigenvalue weighted by atomic mass is 19.1. The van der Waals surface area contributed by atoms with E-state index in [4.69, 9.17) is 0 Å². The molecule has 1 unspecified atom stereocenters. The zero-order chi connectivity index (χ0) is 21.7. The zero-order valence-corrected chi connectivity index (χ0v) is 15.9. The molecule has 5 rings (SSSR count). The molecule has 0 aliphatic carbocycles. The van der Waals surface area contributed by atoms with Crippen LogP contribution in [0.2, 0.25) is 0 Å². The van der Waals surface area contributed by atoms with Crippen LogP contribution in [0.1, 0.15) is 23.1 Å². The van der Waals surface area contributed by atoms with Crippen molar-refractivity contribution in [2.24, 2.45) is 0 Å². The average molecular weight is 424 g/mol. The third-order valence-corrected chi connectivity index (χ3v) is 5.47. The number of benzene rings is 2. The van der Waals surface area contributed by atoms with Crippen molar-refractivity contribution >= 4 is 0 Å². The molecule has 2 atom stereocenters. The third kappa shape index (κ3) is 3.18. The fourth-order valence-corrected chi connectivity index (χ4v) is 4.18. The van der Waals surface area contributed by atoms with Crippen LogP contribution in [0, 0.1) is 17.5 Å². The molecule has 0 bridgehead atoms. The van der Waals surface area contributed by atoms with Gasteiger partial charge in [-0.05, 0) is 35.4 Å². The van der Waals surface area contributed by atoms with Gasteiger partial charge in [0.25, 0.3) is 0 Å². The van der Waals surface area contributed by atoms with Crippen molar-refractivity contribution in [2.45, 2.75) is 18.5 Å². The van der Waals surface area contributed by atoms with Gasteiger partial charge < -0.3 is 9.67 Å². The molecule has 31 heavy (non-hydrogen) atoms. The molecule has 6 nitrogen and oxygen atoms in total. The maximum absolute atomic E-state index is 14.1. The highest BCUT2D eigenvalue weighted by Crippen LogP contribution is 2.42. The first-order valence-corrected chi connectivity index (χ1v) is 9.46. The number of hydrogen-bond donors (Lipinski definition) is 1. The predicted molar refractivity (Wildman–Crippen MR) is 105 cm³/mol. The van der Waals surface area contributed by atoms with Gasteiger partial charge in [0.2, 0.25) is 5.43 Å². The number of nitrogens with zero attached hydrogens (tertiary/aromatic N) is 4. The smallest absolute Gasteiger partial charge is 0.242 e. The van der Waals surface area contributed by atoms with Gasteiger partial charge in [0.15, 0.2) is 11.6 Å². The Morgan fingerprint density at radius 2 is 1.71 bits per heavy atom. The van der Waals surface area contributed by atoms with Crippen LogP contribution in [0.15, 0.2) is 65.8 Å². The number of aromatic hydroxyl groups is 1. The second-order valence-corrected chi connectivity index (χ2v) is 7.35. The standard InChI is InChI=1S/C22H15F3N4O2/c23-14-3-1-12(2-4-14)19(13-7-15(24)9-16(25)8-13)17-11-28-6-5-26-22(28)20-21(31)18(30)10-27-29(17)20/h1-10,17,19,31H,11H2/t17-,19?/m1/s1. The van der Waals surface area contributed by atoms with Crippen molar-refractivity contribution in [3.8, 4) is 17.3 Å². The molecule has 1 N–H and O–H groups in total. The zero-order valence-electron chi connectivity index (χ0n) is 15.9. The first-order valence-electron chi connectivity index (χ1n) is 9.46. The van der Waals surface area contributed by atoms with Gasteiger partial charge in [-0.25, -0.2) is 18.2 Å². The average Bonchev–Trinajstić information content (AvgIpc) is 3.20. The molecule has 0 saturated heterocycles. The van der Waals surface area contributed by atoms with E-state index in [1.54, 1.807) is 10.8 Å². The second kappa shape index (κ2) is 7.12. The van der Waals surface area contributed by atoms with Gasteiger partial charge in [-0.1, -0.05) is 12.1 Å². The Bertz CT molecular complexity index is 1330. The Hall–Kier alpha value is -3.88. The minimum atomic E-state index is -0.753. The fraction of sp³-hybridized carbons (Fsp3) is 0.136. The van der Waals surface area contributed by atoms with Gasteiger partial charge in [-0.3, -0.25) is 9.48 Å². The van der Waals surface area contributed by atoms with E-state index in [0.717, 1.165) is 12.3 Å². The van der Waals surface area contributed by atoms with E-state index in [9.17, 15) is 23.1 Å². The third-order valence-electron chi connectivity index (χ3n) is 5.47. The molecule has 0 saturated carbocycles. The van der Waals surface area contributed by atoms with Gasteiger partial charge in [0, 0.05) is 30.9 Å². The number of imidazole rings is 1. The monoisotopic (exact) mass is 424 g/mol. The molecule has 2 aromatic heterocycles. The van der Waals surface area contributed by atoms with Gasteiger partial charge in [-0.15, -0.1) is 0 Å². The summed E-state index contributed by atoms with van der Waals surface area (Å²) in [6, 6.07) is 8.19. The van der Waals surface area contributed by atoms with E-state index < -0.39 is 40.6 Å². The van der Waals surface area contributed by atoms with E-state index in [-0.39, 0.29) is 12.2 Å². The lowest BCUT2D eigenvalue weighted by Gasteiger charge is -2.34. The number of aromatic nitrogens is 4. The van der Waals surface area contributed by atoms with Crippen LogP contribution in [-0.4, -0.2) is 24.4 Å². The molecular weight excluding hydrogens is 409 g/mol. The van der Waals surface area contributed by atoms with E-state index in [1.807, 2.05) is 0 Å². The van der Waals surface area contributed by atoms with Crippen LogP contribution >= 0.6 is 0 Å². The summed E-state index contributed by atoms with van der Waals surface area (Å²) >= 11 is 0. The minimum absolute atomic E-state index is 0.109. The van der Waals surface area contributed by atoms with E-state index >= 15 is 0 Å². The van der Waals surface area contributed by atoms with E-state index in [1.165, 1.54) is 47.3 Å². The Morgan fingerprint density at radius 3 is 2.42 bits per heavy atom. The minimum Gasteiger partial charge on any atom is -0.503 e. The summed E-state index contributed by atoms with van der Waals surface area (Å²) < 4.78 is 45.0. The van der Waals surface area contributed by atoms with Crippen LogP contribution in [0.5, 0.6) is 5.75 Å². The quantitative estimate of drug-likeness (QED) is 0.545. The summed E-state index contributed by atoms with van der Waals surface area (Å²) in [5.74, 6) is -2.80. The van der Waals surface area contributed by atoms with Crippen LogP contribution in [0.4, 0.5) is 13.2 Å². The van der Waals surface area contributed by atoms with Crippen LogP contribution < -0.4 is 5.43 Å². The molecule has 4 aromatic rings. The molecule has 0 spiro atoms. The maximum atomic E-state index is 14.1. The lowest BCUT2D eigenvalue weighted by atomic mass is 9.84. The Balaban J connectivity index is 1.77. The summed E-state index contributed by atoms with van der Waals surface area (Å²) in [5.41, 5.74) is 0.337. The Morgan fingerprint density at radius 1 is 1.00 bits per heavy atom. The molecule has 9 heteroatoms. The summed E-state index contributed by atoms with van der Waals surface area (Å²) in [6.45, 7) is 0.290. The number of halogens is 3. The Kier molecular flexibility index (Phi) is 4.39. The Labute approximate surface area is 173 Å². The largest absolute Gasteiger partial charge is 0.503 e. The molecule has 2 aromatic carbocycles. The van der Waals surface area contributed by atoms with Crippen molar-refractivity contribution < 1.29 is 18.3 Å². The van der Waals surface area contributed by atoms with Crippen molar-refractivity contribution in [2.75, 3.05) is 0 Å². The highest BCUT2D eigenvalue weighted by Gasteiger charge is 2.36. The summed E-state index contributed by atoms with van der Waals surface area (Å²) in [4.78, 5) is 16.3. The highest BCUT2D eigenvalue weighted by molar-refractivity contribution is 5.60. The molecule has 156 valence electrons. The molecule has 0 fully saturated rings. The predicted octanol–water partition coefficient (Wildman–Crippen LogP) is 3.62. The number of hydrogen-bond acceptors (Lipinski definition) is 4. The maximum Gasteiger partial charge on any atom is 0.242 e. The fourth-order valence-electron chi connectivity index (χ4n) is 4.18. The second-order valence-electron chi connectivity index (χ2n) is 7.35. The van der Waals surface area contributed by atoms with Crippen molar-refractivity contribution in [1.82, 2.24) is 19.3 Å². The molecule has 1 aliphatic heterocycles. The SMILES string of the molecule is O=c1cnn2c(c1O)-c1nccn1C[C@@H]2C(c1ccc(F)cc1)c1cc(F)cc(F)c1. The van der Waals surface area contributed by atoms with Gasteiger partial charge in [0.05, 0.1) is 12.2 Å². The summed E-state index contributed by atoms with van der Waals surface area (Å²) in [7, 11) is 0. The summed E-state index contributed by atoms with van der Waals surface area (Å²) in [5, 5.41) is 14.7. The van der Waals surface area contributed by atoms with Gasteiger partial charge >= 0.3 is 0 Å². The van der Waals surface area contributed by atoms with Crippen molar-refractivity contribution in [3.63, 3.8) is 0 Å². The number of rotatable bonds is 3. The molecule has 0 radical (unpaired) electrons. The summed E-state index contributed by atoms with van der Waals surface area (Å²) in [6.07, 6.45) is 4.18. The molecular formula is C22H15F3N4O2. The van der Waals surface area contributed by atoms with Crippen molar-refractivity contribution in [3.05, 3.63) is 99.9 Å². The topological polar surface area (TPSA) is 72.9 Å². The first kappa shape index (κ1) is 19.1. The first-order chi connectivity index (χ1) is 14.9. The van der Waals surface area contributed by atoms with Crippen LogP contribution in [0.3, 0.4) is 0 Å².